The number of likely N-dealkylation sites (N-methyl/N-ethyl adjacent to an activating group) is 1. The molecular weight excluding hydrogens is 392 g/mol. The Morgan fingerprint density at radius 3 is 2.90 bits per heavy atom. The van der Waals surface area contributed by atoms with Crippen molar-refractivity contribution in [3.05, 3.63) is 35.0 Å². The van der Waals surface area contributed by atoms with E-state index in [1.165, 1.54) is 0 Å². The van der Waals surface area contributed by atoms with Crippen molar-refractivity contribution in [2.75, 3.05) is 20.1 Å². The molecule has 2 heterocycles. The first-order valence-electron chi connectivity index (χ1n) is 10.2. The van der Waals surface area contributed by atoms with Gasteiger partial charge in [-0.1, -0.05) is 11.6 Å². The summed E-state index contributed by atoms with van der Waals surface area (Å²) >= 11 is 6.03. The van der Waals surface area contributed by atoms with Gasteiger partial charge in [-0.3, -0.25) is 4.79 Å². The van der Waals surface area contributed by atoms with E-state index in [0.717, 1.165) is 36.0 Å². The van der Waals surface area contributed by atoms with Crippen LogP contribution in [0.2, 0.25) is 5.02 Å². The fraction of sp³-hybridized carbons (Fsp3) is 0.524. The standard InChI is InChI=1S/C21H27ClN4O3/c1-25(17-3-2-6-26(12-17)20(28)14-9-18(27)10-14)21(29)23-11-16-8-13-7-15(22)4-5-19(13)24-16/h4-5,7-8,14,17-18,24,27H,2-3,6,9-12H2,1H3,(H,23,29). The quantitative estimate of drug-likeness (QED) is 0.713. The molecule has 8 heteroatoms. The number of aromatic nitrogens is 1. The lowest BCUT2D eigenvalue weighted by Crippen LogP contribution is -2.54. The molecule has 1 atom stereocenters. The first-order chi connectivity index (χ1) is 13.9. The largest absolute Gasteiger partial charge is 0.393 e. The highest BCUT2D eigenvalue weighted by molar-refractivity contribution is 6.31. The smallest absolute Gasteiger partial charge is 0.317 e. The Balaban J connectivity index is 1.31. The summed E-state index contributed by atoms with van der Waals surface area (Å²) in [5, 5.41) is 14.1. The zero-order chi connectivity index (χ0) is 20.5. The van der Waals surface area contributed by atoms with Crippen LogP contribution in [0.25, 0.3) is 10.9 Å². The molecule has 3 amide bonds. The maximum Gasteiger partial charge on any atom is 0.317 e. The number of H-pyrrole nitrogens is 1. The number of carbonyl (C=O) groups excluding carboxylic acids is 2. The summed E-state index contributed by atoms with van der Waals surface area (Å²) in [4.78, 5) is 32.1. The summed E-state index contributed by atoms with van der Waals surface area (Å²) in [6.07, 6.45) is 2.55. The van der Waals surface area contributed by atoms with Crippen LogP contribution in [0.4, 0.5) is 4.79 Å². The third kappa shape index (κ3) is 4.36. The molecule has 0 radical (unpaired) electrons. The first-order valence-corrected chi connectivity index (χ1v) is 10.5. The van der Waals surface area contributed by atoms with Crippen molar-refractivity contribution < 1.29 is 14.7 Å². The van der Waals surface area contributed by atoms with Crippen molar-refractivity contribution in [1.29, 1.82) is 0 Å². The van der Waals surface area contributed by atoms with Crippen molar-refractivity contribution in [2.24, 2.45) is 5.92 Å². The van der Waals surface area contributed by atoms with E-state index in [2.05, 4.69) is 10.3 Å². The predicted octanol–water partition coefficient (Wildman–Crippen LogP) is 2.72. The average Bonchev–Trinajstić information content (AvgIpc) is 3.10. The molecule has 3 N–H and O–H groups in total. The number of benzene rings is 1. The highest BCUT2D eigenvalue weighted by Crippen LogP contribution is 2.30. The summed E-state index contributed by atoms with van der Waals surface area (Å²) in [5.41, 5.74) is 1.89. The number of rotatable bonds is 4. The van der Waals surface area contributed by atoms with Gasteiger partial charge in [0.2, 0.25) is 5.91 Å². The molecule has 1 saturated carbocycles. The van der Waals surface area contributed by atoms with Gasteiger partial charge in [0.15, 0.2) is 0 Å². The SMILES string of the molecule is CN(C(=O)NCc1cc2cc(Cl)ccc2[nH]1)C1CCCN(C(=O)C2CC(O)C2)C1. The summed E-state index contributed by atoms with van der Waals surface area (Å²) < 4.78 is 0. The van der Waals surface area contributed by atoms with Crippen LogP contribution in [0.15, 0.2) is 24.3 Å². The molecule has 0 bridgehead atoms. The molecule has 2 aliphatic rings. The number of aliphatic hydroxyl groups is 1. The molecule has 0 spiro atoms. The van der Waals surface area contributed by atoms with Crippen molar-refractivity contribution in [3.8, 4) is 0 Å². The second-order valence-corrected chi connectivity index (χ2v) is 8.63. The number of hydrogen-bond donors (Lipinski definition) is 3. The van der Waals surface area contributed by atoms with Crippen molar-refractivity contribution in [3.63, 3.8) is 0 Å². The number of piperidine rings is 1. The van der Waals surface area contributed by atoms with Crippen molar-refractivity contribution in [2.45, 2.75) is 44.4 Å². The number of amides is 3. The zero-order valence-electron chi connectivity index (χ0n) is 16.5. The van der Waals surface area contributed by atoms with Gasteiger partial charge in [-0.05, 0) is 49.9 Å². The third-order valence-electron chi connectivity index (χ3n) is 6.11. The van der Waals surface area contributed by atoms with Gasteiger partial charge in [-0.2, -0.15) is 0 Å². The van der Waals surface area contributed by atoms with E-state index in [9.17, 15) is 14.7 Å². The van der Waals surface area contributed by atoms with Gasteiger partial charge in [-0.15, -0.1) is 0 Å². The number of fused-ring (bicyclic) bond motifs is 1. The minimum absolute atomic E-state index is 0.000722. The van der Waals surface area contributed by atoms with E-state index in [1.807, 2.05) is 29.2 Å². The van der Waals surface area contributed by atoms with E-state index in [1.54, 1.807) is 11.9 Å². The van der Waals surface area contributed by atoms with Crippen molar-refractivity contribution >= 4 is 34.4 Å². The molecule has 1 aromatic heterocycles. The summed E-state index contributed by atoms with van der Waals surface area (Å²) in [7, 11) is 1.78. The second kappa shape index (κ2) is 8.24. The molecular formula is C21H27ClN4O3. The number of hydrogen-bond acceptors (Lipinski definition) is 3. The monoisotopic (exact) mass is 418 g/mol. The summed E-state index contributed by atoms with van der Waals surface area (Å²) in [6.45, 7) is 1.68. The summed E-state index contributed by atoms with van der Waals surface area (Å²) in [6, 6.07) is 7.47. The van der Waals surface area contributed by atoms with Crippen LogP contribution in [-0.2, 0) is 11.3 Å². The Morgan fingerprint density at radius 2 is 2.14 bits per heavy atom. The number of aromatic amines is 1. The lowest BCUT2D eigenvalue weighted by atomic mass is 9.81. The minimum atomic E-state index is -0.335. The molecule has 2 aromatic rings. The van der Waals surface area contributed by atoms with E-state index in [-0.39, 0.29) is 30.0 Å². The predicted molar refractivity (Wildman–Crippen MR) is 112 cm³/mol. The zero-order valence-corrected chi connectivity index (χ0v) is 17.3. The molecule has 1 aliphatic carbocycles. The van der Waals surface area contributed by atoms with Crippen LogP contribution in [0, 0.1) is 5.92 Å². The molecule has 4 rings (SSSR count). The van der Waals surface area contributed by atoms with Crippen LogP contribution in [-0.4, -0.2) is 64.1 Å². The molecule has 1 aromatic carbocycles. The fourth-order valence-corrected chi connectivity index (χ4v) is 4.42. The highest BCUT2D eigenvalue weighted by atomic mass is 35.5. The van der Waals surface area contributed by atoms with E-state index in [0.29, 0.717) is 31.0 Å². The van der Waals surface area contributed by atoms with E-state index < -0.39 is 0 Å². The van der Waals surface area contributed by atoms with E-state index >= 15 is 0 Å². The molecule has 2 fully saturated rings. The van der Waals surface area contributed by atoms with Crippen LogP contribution >= 0.6 is 11.6 Å². The number of nitrogens with zero attached hydrogens (tertiary/aromatic N) is 2. The normalized spacial score (nSPS) is 24.2. The number of likely N-dealkylation sites (tertiary alicyclic amines) is 1. The van der Waals surface area contributed by atoms with Crippen LogP contribution in [0.1, 0.15) is 31.4 Å². The minimum Gasteiger partial charge on any atom is -0.393 e. The van der Waals surface area contributed by atoms with Crippen molar-refractivity contribution in [1.82, 2.24) is 20.1 Å². The topological polar surface area (TPSA) is 88.7 Å². The van der Waals surface area contributed by atoms with E-state index in [4.69, 9.17) is 11.6 Å². The maximum atomic E-state index is 12.6. The number of halogens is 1. The summed E-state index contributed by atoms with van der Waals surface area (Å²) in [5.74, 6) is 0.0592. The maximum absolute atomic E-state index is 12.6. The van der Waals surface area contributed by atoms with Gasteiger partial charge < -0.3 is 25.2 Å². The van der Waals surface area contributed by atoms with Crippen LogP contribution in [0.3, 0.4) is 0 Å². The van der Waals surface area contributed by atoms with Gasteiger partial charge >= 0.3 is 6.03 Å². The Bertz CT molecular complexity index is 908. The van der Waals surface area contributed by atoms with Crippen LogP contribution < -0.4 is 5.32 Å². The fourth-order valence-electron chi connectivity index (χ4n) is 4.24. The van der Waals surface area contributed by atoms with Gasteiger partial charge in [0.05, 0.1) is 18.7 Å². The van der Waals surface area contributed by atoms with Crippen LogP contribution in [0.5, 0.6) is 0 Å². The average molecular weight is 419 g/mol. The Morgan fingerprint density at radius 1 is 1.34 bits per heavy atom. The first kappa shape index (κ1) is 20.0. The Kier molecular flexibility index (Phi) is 5.69. The Labute approximate surface area is 175 Å². The number of aliphatic hydroxyl groups excluding tert-OH is 1. The lowest BCUT2D eigenvalue weighted by Gasteiger charge is -2.41. The molecule has 7 nitrogen and oxygen atoms in total. The third-order valence-corrected chi connectivity index (χ3v) is 6.34. The number of urea groups is 1. The molecule has 1 saturated heterocycles. The van der Waals surface area contributed by atoms with Gasteiger partial charge in [0, 0.05) is 47.7 Å². The van der Waals surface area contributed by atoms with Gasteiger partial charge in [0.25, 0.3) is 0 Å². The molecule has 1 unspecified atom stereocenters. The number of carbonyl (C=O) groups is 2. The molecule has 156 valence electrons. The molecule has 29 heavy (non-hydrogen) atoms. The highest BCUT2D eigenvalue weighted by Gasteiger charge is 2.38. The lowest BCUT2D eigenvalue weighted by molar-refractivity contribution is -0.144. The second-order valence-electron chi connectivity index (χ2n) is 8.20. The van der Waals surface area contributed by atoms with Gasteiger partial charge in [-0.25, -0.2) is 4.79 Å². The Hall–Kier alpha value is -2.25. The molecule has 1 aliphatic heterocycles. The van der Waals surface area contributed by atoms with Gasteiger partial charge in [0.1, 0.15) is 0 Å². The number of nitrogens with one attached hydrogen (secondary N) is 2.